The predicted molar refractivity (Wildman–Crippen MR) is 307 cm³/mol. The van der Waals surface area contributed by atoms with Crippen molar-refractivity contribution in [1.82, 2.24) is 0 Å². The van der Waals surface area contributed by atoms with E-state index in [1.807, 2.05) is 0 Å². The minimum atomic E-state index is -0.812. The fourth-order valence-corrected chi connectivity index (χ4v) is 8.39. The molecule has 0 radical (unpaired) electrons. The van der Waals surface area contributed by atoms with Gasteiger partial charge in [-0.3, -0.25) is 14.4 Å². The number of hydrogen-bond acceptors (Lipinski definition) is 6. The van der Waals surface area contributed by atoms with E-state index in [2.05, 4.69) is 106 Å². The first-order valence-corrected chi connectivity index (χ1v) is 30.1. The highest BCUT2D eigenvalue weighted by Gasteiger charge is 2.19. The minimum Gasteiger partial charge on any atom is -0.462 e. The standard InChI is InChI=1S/C65H112O6/c1-4-7-10-13-16-19-22-25-28-30-31-32-33-35-37-40-43-46-49-52-55-58-64(67)70-61-62(60-69-63(66)57-54-51-48-45-42-39-36-27-24-21-18-15-12-9-6-3)71-65(68)59-56-53-50-47-44-41-38-34-29-26-23-20-17-14-11-8-5-2/h8,11,17-18,20-21,26-27,29,36,38,41,47,50,62H,4-7,9-10,12-16,19,22-25,28,30-35,37,39-40,42-46,48-49,51-61H2,1-3H3/b11-8-,20-17-,21-18-,29-26-,36-27-,41-38-,50-47-. The van der Waals surface area contributed by atoms with Crippen molar-refractivity contribution in [3.8, 4) is 0 Å². The van der Waals surface area contributed by atoms with E-state index in [9.17, 15) is 14.4 Å². The molecule has 0 bridgehead atoms. The smallest absolute Gasteiger partial charge is 0.306 e. The Bertz CT molecular complexity index is 1370. The zero-order chi connectivity index (χ0) is 51.4. The molecule has 0 aliphatic rings. The fourth-order valence-electron chi connectivity index (χ4n) is 8.39. The third kappa shape index (κ3) is 57.4. The van der Waals surface area contributed by atoms with Crippen LogP contribution in [0.4, 0.5) is 0 Å². The Balaban J connectivity index is 4.42. The van der Waals surface area contributed by atoms with Gasteiger partial charge in [-0.1, -0.05) is 266 Å². The van der Waals surface area contributed by atoms with Crippen molar-refractivity contribution < 1.29 is 28.6 Å². The molecular weight excluding hydrogens is 877 g/mol. The normalized spacial score (nSPS) is 12.7. The third-order valence-electron chi connectivity index (χ3n) is 12.9. The second kappa shape index (κ2) is 59.2. The number of unbranched alkanes of at least 4 members (excludes halogenated alkanes) is 29. The SMILES string of the molecule is CC/C=C\C/C=C\C/C=C\C/C=C\C/C=C\CCCC(=O)OC(COC(=O)CCCCCCC/C=C\C/C=C\CCCCC)COC(=O)CCCCCCCCCCCCCCCCCCCCCCC. The summed E-state index contributed by atoms with van der Waals surface area (Å²) in [6.45, 7) is 6.47. The van der Waals surface area contributed by atoms with E-state index < -0.39 is 6.10 Å². The zero-order valence-corrected chi connectivity index (χ0v) is 46.7. The van der Waals surface area contributed by atoms with Crippen LogP contribution in [0.1, 0.15) is 290 Å². The molecule has 0 spiro atoms. The molecule has 0 aromatic heterocycles. The summed E-state index contributed by atoms with van der Waals surface area (Å²) < 4.78 is 16.8. The molecular formula is C65H112O6. The lowest BCUT2D eigenvalue weighted by Gasteiger charge is -2.18. The second-order valence-corrected chi connectivity index (χ2v) is 19.9. The highest BCUT2D eigenvalue weighted by Crippen LogP contribution is 2.16. The maximum Gasteiger partial charge on any atom is 0.306 e. The van der Waals surface area contributed by atoms with Gasteiger partial charge in [-0.25, -0.2) is 0 Å². The van der Waals surface area contributed by atoms with Gasteiger partial charge in [-0.2, -0.15) is 0 Å². The first-order valence-electron chi connectivity index (χ1n) is 30.1. The fraction of sp³-hybridized carbons (Fsp3) is 0.738. The lowest BCUT2D eigenvalue weighted by atomic mass is 10.0. The maximum atomic E-state index is 12.8. The molecule has 0 saturated heterocycles. The molecule has 0 heterocycles. The van der Waals surface area contributed by atoms with Crippen LogP contribution < -0.4 is 0 Å². The van der Waals surface area contributed by atoms with Gasteiger partial charge in [0, 0.05) is 19.3 Å². The van der Waals surface area contributed by atoms with E-state index in [0.29, 0.717) is 19.3 Å². The molecule has 0 aliphatic carbocycles. The summed E-state index contributed by atoms with van der Waals surface area (Å²) in [5.41, 5.74) is 0. The Hall–Kier alpha value is -3.41. The van der Waals surface area contributed by atoms with Gasteiger partial charge in [0.1, 0.15) is 13.2 Å². The number of allylic oxidation sites excluding steroid dienone is 14. The Labute approximate surface area is 439 Å². The summed E-state index contributed by atoms with van der Waals surface area (Å²) in [6, 6.07) is 0. The van der Waals surface area contributed by atoms with Crippen molar-refractivity contribution in [2.75, 3.05) is 13.2 Å². The zero-order valence-electron chi connectivity index (χ0n) is 46.7. The highest BCUT2D eigenvalue weighted by atomic mass is 16.6. The molecule has 0 aliphatic heterocycles. The molecule has 0 amide bonds. The van der Waals surface area contributed by atoms with Gasteiger partial charge in [-0.05, 0) is 89.9 Å². The van der Waals surface area contributed by atoms with Gasteiger partial charge < -0.3 is 14.2 Å². The summed E-state index contributed by atoms with van der Waals surface area (Å²) in [5.74, 6) is -0.966. The predicted octanol–water partition coefficient (Wildman–Crippen LogP) is 20.3. The Morgan fingerprint density at radius 2 is 0.563 bits per heavy atom. The van der Waals surface area contributed by atoms with Crippen molar-refractivity contribution in [2.45, 2.75) is 297 Å². The molecule has 0 saturated carbocycles. The van der Waals surface area contributed by atoms with E-state index >= 15 is 0 Å². The Morgan fingerprint density at radius 3 is 0.930 bits per heavy atom. The summed E-state index contributed by atoms with van der Waals surface area (Å²) in [7, 11) is 0. The van der Waals surface area contributed by atoms with E-state index in [1.54, 1.807) is 0 Å². The number of ether oxygens (including phenoxy) is 3. The molecule has 1 unspecified atom stereocenters. The average molecular weight is 990 g/mol. The number of hydrogen-bond donors (Lipinski definition) is 0. The lowest BCUT2D eigenvalue weighted by molar-refractivity contribution is -0.167. The van der Waals surface area contributed by atoms with Crippen molar-refractivity contribution >= 4 is 17.9 Å². The van der Waals surface area contributed by atoms with Crippen LogP contribution in [0.25, 0.3) is 0 Å². The number of carbonyl (C=O) groups excluding carboxylic acids is 3. The van der Waals surface area contributed by atoms with E-state index in [-0.39, 0.29) is 37.5 Å². The van der Waals surface area contributed by atoms with Gasteiger partial charge in [0.15, 0.2) is 6.10 Å². The third-order valence-corrected chi connectivity index (χ3v) is 12.9. The van der Waals surface area contributed by atoms with Crippen molar-refractivity contribution in [3.05, 3.63) is 85.1 Å². The average Bonchev–Trinajstić information content (AvgIpc) is 3.37. The van der Waals surface area contributed by atoms with Crippen molar-refractivity contribution in [1.29, 1.82) is 0 Å². The van der Waals surface area contributed by atoms with E-state index in [0.717, 1.165) is 103 Å². The Morgan fingerprint density at radius 1 is 0.296 bits per heavy atom. The quantitative estimate of drug-likeness (QED) is 0.0261. The van der Waals surface area contributed by atoms with Crippen molar-refractivity contribution in [2.24, 2.45) is 0 Å². The van der Waals surface area contributed by atoms with Crippen LogP contribution in [-0.2, 0) is 28.6 Å². The van der Waals surface area contributed by atoms with Gasteiger partial charge in [0.2, 0.25) is 0 Å². The molecule has 0 N–H and O–H groups in total. The number of rotatable bonds is 54. The van der Waals surface area contributed by atoms with Gasteiger partial charge in [-0.15, -0.1) is 0 Å². The molecule has 0 rings (SSSR count). The largest absolute Gasteiger partial charge is 0.462 e. The van der Waals surface area contributed by atoms with Gasteiger partial charge >= 0.3 is 17.9 Å². The van der Waals surface area contributed by atoms with Crippen LogP contribution in [0.5, 0.6) is 0 Å². The van der Waals surface area contributed by atoms with Crippen LogP contribution >= 0.6 is 0 Å². The summed E-state index contributed by atoms with van der Waals surface area (Å²) in [4.78, 5) is 38.2. The van der Waals surface area contributed by atoms with Crippen LogP contribution in [-0.4, -0.2) is 37.2 Å². The lowest BCUT2D eigenvalue weighted by Crippen LogP contribution is -2.30. The maximum absolute atomic E-state index is 12.8. The molecule has 0 fully saturated rings. The van der Waals surface area contributed by atoms with Gasteiger partial charge in [0.05, 0.1) is 0 Å². The first kappa shape index (κ1) is 67.6. The number of esters is 3. The molecule has 6 nitrogen and oxygen atoms in total. The molecule has 0 aromatic carbocycles. The van der Waals surface area contributed by atoms with Crippen LogP contribution in [0.3, 0.4) is 0 Å². The Kier molecular flexibility index (Phi) is 56.3. The topological polar surface area (TPSA) is 78.9 Å². The summed E-state index contributed by atoms with van der Waals surface area (Å²) in [5, 5.41) is 0. The van der Waals surface area contributed by atoms with Crippen LogP contribution in [0, 0.1) is 0 Å². The number of carbonyl (C=O) groups is 3. The second-order valence-electron chi connectivity index (χ2n) is 19.9. The molecule has 1 atom stereocenters. The molecule has 71 heavy (non-hydrogen) atoms. The molecule has 6 heteroatoms. The first-order chi connectivity index (χ1) is 35.0. The van der Waals surface area contributed by atoms with Gasteiger partial charge in [0.25, 0.3) is 0 Å². The molecule has 408 valence electrons. The summed E-state index contributed by atoms with van der Waals surface area (Å²) in [6.07, 6.45) is 77.3. The molecule has 0 aromatic rings. The summed E-state index contributed by atoms with van der Waals surface area (Å²) >= 11 is 0. The highest BCUT2D eigenvalue weighted by molar-refractivity contribution is 5.71. The van der Waals surface area contributed by atoms with E-state index in [1.165, 1.54) is 141 Å². The van der Waals surface area contributed by atoms with E-state index in [4.69, 9.17) is 14.2 Å². The van der Waals surface area contributed by atoms with Crippen LogP contribution in [0.2, 0.25) is 0 Å². The van der Waals surface area contributed by atoms with Crippen LogP contribution in [0.15, 0.2) is 85.1 Å². The monoisotopic (exact) mass is 989 g/mol. The minimum absolute atomic E-state index is 0.102. The van der Waals surface area contributed by atoms with Crippen molar-refractivity contribution in [3.63, 3.8) is 0 Å².